The number of ketones is 3. The van der Waals surface area contributed by atoms with Crippen molar-refractivity contribution in [1.29, 1.82) is 0 Å². The van der Waals surface area contributed by atoms with E-state index in [0.29, 0.717) is 19.3 Å². The molecule has 0 spiro atoms. The third-order valence-corrected chi connectivity index (χ3v) is 5.89. The Balaban J connectivity index is 4.69. The smallest absolute Gasteiger partial charge is 0.306 e. The summed E-state index contributed by atoms with van der Waals surface area (Å²) >= 11 is 0. The number of carbonyl (C=O) groups excluding carboxylic acids is 4. The zero-order valence-electron chi connectivity index (χ0n) is 21.7. The van der Waals surface area contributed by atoms with Gasteiger partial charge in [-0.15, -0.1) is 0 Å². The molecule has 5 nitrogen and oxygen atoms in total. The first-order chi connectivity index (χ1) is 16.2. The summed E-state index contributed by atoms with van der Waals surface area (Å²) in [5.74, 6) is -1.06. The normalized spacial score (nSPS) is 13.7. The summed E-state index contributed by atoms with van der Waals surface area (Å²) in [6, 6.07) is 0. The van der Waals surface area contributed by atoms with Gasteiger partial charge < -0.3 is 4.74 Å². The van der Waals surface area contributed by atoms with Crippen LogP contribution in [0.25, 0.3) is 0 Å². The van der Waals surface area contributed by atoms with Crippen LogP contribution in [0, 0.1) is 11.8 Å². The predicted molar refractivity (Wildman–Crippen MR) is 138 cm³/mol. The molecule has 192 valence electrons. The van der Waals surface area contributed by atoms with E-state index in [1.807, 2.05) is 19.9 Å². The van der Waals surface area contributed by atoms with Gasteiger partial charge in [-0.25, -0.2) is 0 Å². The number of carbonyl (C=O) groups is 4. The van der Waals surface area contributed by atoms with E-state index in [1.54, 1.807) is 6.08 Å². The molecular weight excluding hydrogens is 428 g/mol. The second kappa shape index (κ2) is 20.1. The van der Waals surface area contributed by atoms with Gasteiger partial charge in [0.2, 0.25) is 0 Å². The number of allylic oxidation sites excluding steroid dienone is 4. The van der Waals surface area contributed by atoms with Crippen LogP contribution in [-0.4, -0.2) is 29.4 Å². The average molecular weight is 475 g/mol. The summed E-state index contributed by atoms with van der Waals surface area (Å²) < 4.78 is 5.62. The maximum absolute atomic E-state index is 12.6. The van der Waals surface area contributed by atoms with Crippen molar-refractivity contribution in [2.24, 2.45) is 11.8 Å². The Labute approximate surface area is 207 Å². The summed E-state index contributed by atoms with van der Waals surface area (Å²) in [6.07, 6.45) is 15.6. The largest absolute Gasteiger partial charge is 0.462 e. The molecule has 0 saturated carbocycles. The van der Waals surface area contributed by atoms with E-state index in [0.717, 1.165) is 12.8 Å². The van der Waals surface area contributed by atoms with Gasteiger partial charge in [0.1, 0.15) is 6.10 Å². The van der Waals surface area contributed by atoms with Crippen molar-refractivity contribution in [3.63, 3.8) is 0 Å². The number of esters is 1. The van der Waals surface area contributed by atoms with Crippen LogP contribution in [0.15, 0.2) is 37.5 Å². The number of hydrogen-bond donors (Lipinski definition) is 0. The van der Waals surface area contributed by atoms with Crippen molar-refractivity contribution >= 4 is 23.3 Å². The van der Waals surface area contributed by atoms with Gasteiger partial charge >= 0.3 is 5.97 Å². The Morgan fingerprint density at radius 3 is 2.00 bits per heavy atom. The Bertz CT molecular complexity index is 676. The summed E-state index contributed by atoms with van der Waals surface area (Å²) in [7, 11) is 0. The van der Waals surface area contributed by atoms with Gasteiger partial charge in [-0.05, 0) is 55.7 Å². The van der Waals surface area contributed by atoms with Gasteiger partial charge in [0, 0.05) is 25.7 Å². The minimum atomic E-state index is -0.417. The number of ether oxygens (including phenoxy) is 1. The van der Waals surface area contributed by atoms with E-state index < -0.39 is 11.9 Å². The molecule has 0 aliphatic heterocycles. The van der Waals surface area contributed by atoms with Crippen LogP contribution in [0.2, 0.25) is 0 Å². The highest BCUT2D eigenvalue weighted by molar-refractivity contribution is 5.92. The SMILES string of the molecule is C=CC(=O)CC(CC(=O)/C=C\CCCCCCCC)CC(=O)O[C@@H](CC)C[C@@H](C)CC(=O)C=C. The summed E-state index contributed by atoms with van der Waals surface area (Å²) in [6.45, 7) is 13.0. The van der Waals surface area contributed by atoms with Crippen molar-refractivity contribution in [1.82, 2.24) is 0 Å². The van der Waals surface area contributed by atoms with E-state index in [2.05, 4.69) is 20.1 Å². The van der Waals surface area contributed by atoms with Crippen molar-refractivity contribution < 1.29 is 23.9 Å². The Morgan fingerprint density at radius 1 is 0.794 bits per heavy atom. The van der Waals surface area contributed by atoms with Crippen LogP contribution < -0.4 is 0 Å². The molecule has 34 heavy (non-hydrogen) atoms. The molecule has 0 N–H and O–H groups in total. The van der Waals surface area contributed by atoms with E-state index in [9.17, 15) is 19.2 Å². The molecule has 0 rings (SSSR count). The molecule has 0 aliphatic rings. The van der Waals surface area contributed by atoms with Crippen molar-refractivity contribution in [3.8, 4) is 0 Å². The highest BCUT2D eigenvalue weighted by atomic mass is 16.5. The standard InChI is InChI=1S/C29H46O5/c1-6-10-11-12-13-14-15-16-17-27(32)21-24(20-26(31)8-3)22-29(33)34-28(9-4)19-23(5)18-25(30)7-2/h7-8,16-17,23-24,28H,2-3,6,9-15,18-22H2,1,4-5H3/b17-16-/t23-,24?,28-/m0/s1. The van der Waals surface area contributed by atoms with Crippen LogP contribution in [0.5, 0.6) is 0 Å². The van der Waals surface area contributed by atoms with Crippen LogP contribution in [0.1, 0.15) is 104 Å². The summed E-state index contributed by atoms with van der Waals surface area (Å²) in [5.41, 5.74) is 0. The maximum atomic E-state index is 12.6. The Kier molecular flexibility index (Phi) is 18.7. The molecule has 0 bridgehead atoms. The predicted octanol–water partition coefficient (Wildman–Crippen LogP) is 6.90. The van der Waals surface area contributed by atoms with E-state index in [1.165, 1.54) is 44.3 Å². The topological polar surface area (TPSA) is 77.5 Å². The van der Waals surface area contributed by atoms with Gasteiger partial charge in [0.15, 0.2) is 17.3 Å². The minimum Gasteiger partial charge on any atom is -0.462 e. The molecule has 0 amide bonds. The molecule has 0 fully saturated rings. The highest BCUT2D eigenvalue weighted by Crippen LogP contribution is 2.21. The summed E-state index contributed by atoms with van der Waals surface area (Å²) in [5, 5.41) is 0. The minimum absolute atomic E-state index is 0.00700. The summed E-state index contributed by atoms with van der Waals surface area (Å²) in [4.78, 5) is 48.5. The van der Waals surface area contributed by atoms with E-state index >= 15 is 0 Å². The van der Waals surface area contributed by atoms with Gasteiger partial charge in [0.05, 0.1) is 0 Å². The van der Waals surface area contributed by atoms with Crippen molar-refractivity contribution in [3.05, 3.63) is 37.5 Å². The highest BCUT2D eigenvalue weighted by Gasteiger charge is 2.23. The first-order valence-corrected chi connectivity index (χ1v) is 12.9. The van der Waals surface area contributed by atoms with Crippen LogP contribution >= 0.6 is 0 Å². The fraction of sp³-hybridized carbons (Fsp3) is 0.655. The van der Waals surface area contributed by atoms with Gasteiger partial charge in [-0.3, -0.25) is 19.2 Å². The molecule has 3 atom stereocenters. The second-order valence-corrected chi connectivity index (χ2v) is 9.31. The maximum Gasteiger partial charge on any atom is 0.306 e. The first kappa shape index (κ1) is 31.7. The first-order valence-electron chi connectivity index (χ1n) is 12.9. The second-order valence-electron chi connectivity index (χ2n) is 9.31. The average Bonchev–Trinajstić information content (AvgIpc) is 2.79. The quantitative estimate of drug-likeness (QED) is 0.0969. The third-order valence-electron chi connectivity index (χ3n) is 5.89. The van der Waals surface area contributed by atoms with E-state index in [4.69, 9.17) is 4.74 Å². The lowest BCUT2D eigenvalue weighted by Gasteiger charge is -2.21. The van der Waals surface area contributed by atoms with Gasteiger partial charge in [-0.1, -0.05) is 72.1 Å². The monoisotopic (exact) mass is 474 g/mol. The molecule has 0 heterocycles. The zero-order valence-corrected chi connectivity index (χ0v) is 21.7. The third kappa shape index (κ3) is 17.2. The molecule has 0 aromatic rings. The van der Waals surface area contributed by atoms with Gasteiger partial charge in [0.25, 0.3) is 0 Å². The lowest BCUT2D eigenvalue weighted by Crippen LogP contribution is -2.24. The van der Waals surface area contributed by atoms with E-state index in [-0.39, 0.29) is 48.6 Å². The molecule has 0 radical (unpaired) electrons. The van der Waals surface area contributed by atoms with Crippen molar-refractivity contribution in [2.45, 2.75) is 110 Å². The Hall–Kier alpha value is -2.30. The molecule has 5 heteroatoms. The Morgan fingerprint density at radius 2 is 1.38 bits per heavy atom. The molecular formula is C29H46O5. The number of rotatable bonds is 22. The molecule has 1 unspecified atom stereocenters. The van der Waals surface area contributed by atoms with Crippen molar-refractivity contribution in [2.75, 3.05) is 0 Å². The van der Waals surface area contributed by atoms with Crippen LogP contribution in [0.4, 0.5) is 0 Å². The molecule has 0 aromatic carbocycles. The van der Waals surface area contributed by atoms with Gasteiger partial charge in [-0.2, -0.15) is 0 Å². The fourth-order valence-corrected chi connectivity index (χ4v) is 3.92. The fourth-order valence-electron chi connectivity index (χ4n) is 3.92. The molecule has 0 aliphatic carbocycles. The zero-order chi connectivity index (χ0) is 25.8. The molecule has 0 aromatic heterocycles. The number of unbranched alkanes of at least 4 members (excludes halogenated alkanes) is 6. The number of hydrogen-bond acceptors (Lipinski definition) is 5. The lowest BCUT2D eigenvalue weighted by molar-refractivity contribution is -0.151. The molecule has 0 saturated heterocycles. The van der Waals surface area contributed by atoms with Crippen LogP contribution in [-0.2, 0) is 23.9 Å². The van der Waals surface area contributed by atoms with Crippen LogP contribution in [0.3, 0.4) is 0 Å². The lowest BCUT2D eigenvalue weighted by atomic mass is 9.92.